The van der Waals surface area contributed by atoms with E-state index in [1.54, 1.807) is 11.3 Å². The average molecular weight is 375 g/mol. The molecule has 1 aliphatic heterocycles. The Balaban J connectivity index is 1.57. The summed E-state index contributed by atoms with van der Waals surface area (Å²) in [6.45, 7) is 0.284. The molecule has 2 aromatic carbocycles. The summed E-state index contributed by atoms with van der Waals surface area (Å²) in [7, 11) is 0. The van der Waals surface area contributed by atoms with E-state index in [-0.39, 0.29) is 6.79 Å². The molecule has 3 aromatic rings. The second kappa shape index (κ2) is 5.62. The predicted octanol–water partition coefficient (Wildman–Crippen LogP) is 5.04. The van der Waals surface area contributed by atoms with Crippen LogP contribution in [0.2, 0.25) is 0 Å². The minimum Gasteiger partial charge on any atom is -0.454 e. The fourth-order valence-corrected chi connectivity index (χ4v) is 3.18. The summed E-state index contributed by atoms with van der Waals surface area (Å²) < 4.78 is 11.8. The van der Waals surface area contributed by atoms with E-state index in [4.69, 9.17) is 9.47 Å². The Morgan fingerprint density at radius 1 is 1.05 bits per heavy atom. The molecular weight excluding hydrogens is 364 g/mol. The SMILES string of the molecule is Brc1ccc(Nc2nc(-c3ccc4c(c3)OCO4)cs2)cc1. The number of halogens is 1. The van der Waals surface area contributed by atoms with Crippen LogP contribution < -0.4 is 14.8 Å². The van der Waals surface area contributed by atoms with Crippen molar-refractivity contribution in [1.29, 1.82) is 0 Å². The standard InChI is InChI=1S/C16H11BrN2O2S/c17-11-2-4-12(5-3-11)18-16-19-13(8-22-16)10-1-6-14-15(7-10)21-9-20-14/h1-8H,9H2,(H,18,19). The molecule has 0 aliphatic carbocycles. The van der Waals surface area contributed by atoms with Gasteiger partial charge in [0.25, 0.3) is 0 Å². The zero-order valence-electron chi connectivity index (χ0n) is 11.4. The summed E-state index contributed by atoms with van der Waals surface area (Å²) in [6, 6.07) is 13.9. The third-order valence-electron chi connectivity index (χ3n) is 3.27. The fourth-order valence-electron chi connectivity index (χ4n) is 2.18. The van der Waals surface area contributed by atoms with E-state index in [9.17, 15) is 0 Å². The highest BCUT2D eigenvalue weighted by molar-refractivity contribution is 9.10. The first-order valence-corrected chi connectivity index (χ1v) is 8.33. The summed E-state index contributed by atoms with van der Waals surface area (Å²) in [4.78, 5) is 4.62. The smallest absolute Gasteiger partial charge is 0.231 e. The zero-order valence-corrected chi connectivity index (χ0v) is 13.8. The number of rotatable bonds is 3. The van der Waals surface area contributed by atoms with Crippen LogP contribution in [0.5, 0.6) is 11.5 Å². The Bertz CT molecular complexity index is 817. The quantitative estimate of drug-likeness (QED) is 0.696. The Labute approximate surface area is 139 Å². The second-order valence-corrected chi connectivity index (χ2v) is 6.51. The molecule has 0 amide bonds. The summed E-state index contributed by atoms with van der Waals surface area (Å²) in [5.41, 5.74) is 2.95. The van der Waals surface area contributed by atoms with Gasteiger partial charge in [-0.2, -0.15) is 0 Å². The maximum absolute atomic E-state index is 5.41. The Morgan fingerprint density at radius 2 is 1.86 bits per heavy atom. The first-order chi connectivity index (χ1) is 10.8. The number of nitrogens with one attached hydrogen (secondary N) is 1. The third kappa shape index (κ3) is 2.67. The Hall–Kier alpha value is -2.05. The van der Waals surface area contributed by atoms with Crippen molar-refractivity contribution >= 4 is 38.1 Å². The highest BCUT2D eigenvalue weighted by Crippen LogP contribution is 2.36. The lowest BCUT2D eigenvalue weighted by molar-refractivity contribution is 0.174. The Kier molecular flexibility index (Phi) is 3.48. The minimum atomic E-state index is 0.284. The van der Waals surface area contributed by atoms with Crippen LogP contribution in [0.3, 0.4) is 0 Å². The number of hydrogen-bond acceptors (Lipinski definition) is 5. The summed E-state index contributed by atoms with van der Waals surface area (Å²) in [6.07, 6.45) is 0. The van der Waals surface area contributed by atoms with Crippen molar-refractivity contribution in [2.24, 2.45) is 0 Å². The van der Waals surface area contributed by atoms with Crippen LogP contribution in [-0.4, -0.2) is 11.8 Å². The predicted molar refractivity (Wildman–Crippen MR) is 91.1 cm³/mol. The van der Waals surface area contributed by atoms with Gasteiger partial charge in [-0.1, -0.05) is 15.9 Å². The highest BCUT2D eigenvalue weighted by Gasteiger charge is 2.15. The number of nitrogens with zero attached hydrogens (tertiary/aromatic N) is 1. The van der Waals surface area contributed by atoms with Crippen molar-refractivity contribution in [3.05, 3.63) is 52.3 Å². The number of benzene rings is 2. The van der Waals surface area contributed by atoms with Crippen LogP contribution in [-0.2, 0) is 0 Å². The lowest BCUT2D eigenvalue weighted by Crippen LogP contribution is -1.92. The van der Waals surface area contributed by atoms with E-state index in [1.807, 2.05) is 47.8 Å². The van der Waals surface area contributed by atoms with Crippen molar-refractivity contribution in [3.63, 3.8) is 0 Å². The molecular formula is C16H11BrN2O2S. The van der Waals surface area contributed by atoms with Crippen molar-refractivity contribution in [1.82, 2.24) is 4.98 Å². The number of anilines is 2. The van der Waals surface area contributed by atoms with Crippen LogP contribution in [0.25, 0.3) is 11.3 Å². The molecule has 0 unspecified atom stereocenters. The number of ether oxygens (including phenoxy) is 2. The summed E-state index contributed by atoms with van der Waals surface area (Å²) in [5.74, 6) is 1.56. The number of aromatic nitrogens is 1. The minimum absolute atomic E-state index is 0.284. The van der Waals surface area contributed by atoms with Crippen LogP contribution in [0, 0.1) is 0 Å². The molecule has 110 valence electrons. The van der Waals surface area contributed by atoms with Crippen LogP contribution in [0.1, 0.15) is 0 Å². The van der Waals surface area contributed by atoms with E-state index in [0.29, 0.717) is 0 Å². The largest absolute Gasteiger partial charge is 0.454 e. The van der Waals surface area contributed by atoms with E-state index in [1.165, 1.54) is 0 Å². The molecule has 0 bridgehead atoms. The van der Waals surface area contributed by atoms with Gasteiger partial charge < -0.3 is 14.8 Å². The van der Waals surface area contributed by atoms with E-state index < -0.39 is 0 Å². The van der Waals surface area contributed by atoms with Gasteiger partial charge in [0.2, 0.25) is 6.79 Å². The molecule has 0 spiro atoms. The van der Waals surface area contributed by atoms with Gasteiger partial charge in [0.1, 0.15) is 0 Å². The van der Waals surface area contributed by atoms with Gasteiger partial charge in [-0.3, -0.25) is 0 Å². The fraction of sp³-hybridized carbons (Fsp3) is 0.0625. The maximum Gasteiger partial charge on any atom is 0.231 e. The van der Waals surface area contributed by atoms with Gasteiger partial charge in [-0.25, -0.2) is 4.98 Å². The van der Waals surface area contributed by atoms with Crippen molar-refractivity contribution in [3.8, 4) is 22.8 Å². The molecule has 4 nitrogen and oxygen atoms in total. The number of fused-ring (bicyclic) bond motifs is 1. The second-order valence-electron chi connectivity index (χ2n) is 4.74. The number of hydrogen-bond donors (Lipinski definition) is 1. The molecule has 4 rings (SSSR count). The molecule has 0 radical (unpaired) electrons. The first-order valence-electron chi connectivity index (χ1n) is 6.66. The van der Waals surface area contributed by atoms with E-state index in [2.05, 4.69) is 26.2 Å². The van der Waals surface area contributed by atoms with Gasteiger partial charge in [-0.15, -0.1) is 11.3 Å². The maximum atomic E-state index is 5.41. The molecule has 2 heterocycles. The monoisotopic (exact) mass is 374 g/mol. The first kappa shape index (κ1) is 13.6. The van der Waals surface area contributed by atoms with Gasteiger partial charge in [0.15, 0.2) is 16.6 Å². The van der Waals surface area contributed by atoms with E-state index >= 15 is 0 Å². The van der Waals surface area contributed by atoms with Crippen LogP contribution >= 0.6 is 27.3 Å². The zero-order chi connectivity index (χ0) is 14.9. The lowest BCUT2D eigenvalue weighted by atomic mass is 10.1. The molecule has 22 heavy (non-hydrogen) atoms. The lowest BCUT2D eigenvalue weighted by Gasteiger charge is -2.02. The van der Waals surface area contributed by atoms with Crippen molar-refractivity contribution in [2.75, 3.05) is 12.1 Å². The van der Waals surface area contributed by atoms with Crippen molar-refractivity contribution < 1.29 is 9.47 Å². The molecule has 1 aromatic heterocycles. The topological polar surface area (TPSA) is 43.4 Å². The normalized spacial score (nSPS) is 12.4. The summed E-state index contributed by atoms with van der Waals surface area (Å²) >= 11 is 5.00. The van der Waals surface area contributed by atoms with Crippen LogP contribution in [0.15, 0.2) is 52.3 Å². The highest BCUT2D eigenvalue weighted by atomic mass is 79.9. The summed E-state index contributed by atoms with van der Waals surface area (Å²) in [5, 5.41) is 6.19. The number of thiazole rings is 1. The van der Waals surface area contributed by atoms with Crippen molar-refractivity contribution in [2.45, 2.75) is 0 Å². The molecule has 0 saturated carbocycles. The molecule has 1 N–H and O–H groups in total. The molecule has 6 heteroatoms. The Morgan fingerprint density at radius 3 is 2.73 bits per heavy atom. The molecule has 1 aliphatic rings. The third-order valence-corrected chi connectivity index (χ3v) is 4.55. The molecule has 0 fully saturated rings. The molecule has 0 saturated heterocycles. The van der Waals surface area contributed by atoms with Gasteiger partial charge in [-0.05, 0) is 42.5 Å². The van der Waals surface area contributed by atoms with Gasteiger partial charge in [0.05, 0.1) is 5.69 Å². The van der Waals surface area contributed by atoms with Gasteiger partial charge in [0, 0.05) is 21.1 Å². The van der Waals surface area contributed by atoms with E-state index in [0.717, 1.165) is 38.0 Å². The van der Waals surface area contributed by atoms with Gasteiger partial charge >= 0.3 is 0 Å². The molecule has 0 atom stereocenters. The van der Waals surface area contributed by atoms with Crippen LogP contribution in [0.4, 0.5) is 10.8 Å². The average Bonchev–Trinajstić information content (AvgIpc) is 3.17.